The topological polar surface area (TPSA) is 9.23 Å². The molecule has 1 saturated carbocycles. The molecule has 0 aromatic heterocycles. The van der Waals surface area contributed by atoms with Crippen molar-refractivity contribution in [2.24, 2.45) is 17.8 Å². The highest BCUT2D eigenvalue weighted by molar-refractivity contribution is 6.92. The van der Waals surface area contributed by atoms with Crippen LogP contribution >= 0.6 is 0 Å². The molecule has 0 amide bonds. The van der Waals surface area contributed by atoms with E-state index in [1.807, 2.05) is 0 Å². The Balaban J connectivity index is 1.16. The maximum atomic E-state index is 13.9. The summed E-state index contributed by atoms with van der Waals surface area (Å²) < 4.78 is 54.6. The van der Waals surface area contributed by atoms with Gasteiger partial charge in [-0.25, -0.2) is 4.39 Å². The molecular weight excluding hydrogens is 492 g/mol. The zero-order chi connectivity index (χ0) is 26.3. The van der Waals surface area contributed by atoms with Gasteiger partial charge in [0.15, 0.2) is 11.6 Å². The van der Waals surface area contributed by atoms with E-state index in [4.69, 9.17) is 0 Å². The highest BCUT2D eigenvalue weighted by Crippen LogP contribution is 2.44. The first-order valence-corrected chi connectivity index (χ1v) is 17.0. The number of unbranched alkanes of at least 4 members (excludes halogenated alkanes) is 1. The van der Waals surface area contributed by atoms with Gasteiger partial charge >= 0.3 is 6.36 Å². The van der Waals surface area contributed by atoms with Crippen molar-refractivity contribution in [3.63, 3.8) is 0 Å². The van der Waals surface area contributed by atoms with E-state index in [9.17, 15) is 17.6 Å². The Labute approximate surface area is 221 Å². The summed E-state index contributed by atoms with van der Waals surface area (Å²) in [6, 6.07) is 19.6. The quantitative estimate of drug-likeness (QED) is 0.168. The van der Waals surface area contributed by atoms with E-state index in [2.05, 4.69) is 42.0 Å². The minimum Gasteiger partial charge on any atom is -0.403 e. The molecule has 4 rings (SSSR count). The van der Waals surface area contributed by atoms with Crippen molar-refractivity contribution in [2.45, 2.75) is 102 Å². The predicted octanol–water partition coefficient (Wildman–Crippen LogP) is 9.42. The second-order valence-electron chi connectivity index (χ2n) is 11.6. The number of rotatable bonds is 10. The number of hydrogen-bond donors (Lipinski definition) is 0. The van der Waals surface area contributed by atoms with Gasteiger partial charge in [0.25, 0.3) is 0 Å². The van der Waals surface area contributed by atoms with Gasteiger partial charge in [-0.1, -0.05) is 112 Å². The number of alkyl halides is 3. The molecule has 2 aliphatic rings. The van der Waals surface area contributed by atoms with Crippen LogP contribution in [0.3, 0.4) is 0 Å². The third-order valence-electron chi connectivity index (χ3n) is 9.21. The molecule has 0 radical (unpaired) electrons. The maximum absolute atomic E-state index is 13.9. The van der Waals surface area contributed by atoms with Crippen molar-refractivity contribution in [2.75, 3.05) is 0 Å². The lowest BCUT2D eigenvalue weighted by molar-refractivity contribution is -0.275. The van der Waals surface area contributed by atoms with Crippen molar-refractivity contribution in [3.05, 3.63) is 59.9 Å². The summed E-state index contributed by atoms with van der Waals surface area (Å²) in [5, 5.41) is 1.69. The Hall–Kier alpha value is -1.82. The van der Waals surface area contributed by atoms with E-state index in [1.54, 1.807) is 5.19 Å². The van der Waals surface area contributed by atoms with Crippen LogP contribution in [0.25, 0.3) is 0 Å². The highest BCUT2D eigenvalue weighted by atomic mass is 28.3. The molecule has 0 bridgehead atoms. The molecule has 1 saturated heterocycles. The Bertz CT molecular complexity index is 961. The van der Waals surface area contributed by atoms with Crippen LogP contribution in [-0.4, -0.2) is 14.4 Å². The molecule has 1 aliphatic carbocycles. The fourth-order valence-electron chi connectivity index (χ4n) is 7.24. The molecule has 1 aliphatic heterocycles. The van der Waals surface area contributed by atoms with Gasteiger partial charge in [0.05, 0.1) is 8.07 Å². The smallest absolute Gasteiger partial charge is 0.403 e. The Morgan fingerprint density at radius 3 is 2.16 bits per heavy atom. The predicted molar refractivity (Wildman–Crippen MR) is 145 cm³/mol. The van der Waals surface area contributed by atoms with Gasteiger partial charge in [-0.15, -0.1) is 13.2 Å². The minimum absolute atomic E-state index is 0.686. The summed E-state index contributed by atoms with van der Waals surface area (Å²) in [5.74, 6) is 0.901. The molecule has 1 nitrogen and oxygen atoms in total. The fraction of sp³-hybridized carbons (Fsp3) is 0.613. The van der Waals surface area contributed by atoms with Gasteiger partial charge in [-0.05, 0) is 61.1 Å². The molecule has 6 heteroatoms. The second kappa shape index (κ2) is 12.8. The van der Waals surface area contributed by atoms with Gasteiger partial charge in [0.1, 0.15) is 0 Å². The molecule has 37 heavy (non-hydrogen) atoms. The molecule has 204 valence electrons. The van der Waals surface area contributed by atoms with Gasteiger partial charge in [0, 0.05) is 0 Å². The molecule has 1 heterocycles. The first kappa shape index (κ1) is 28.2. The van der Waals surface area contributed by atoms with E-state index >= 15 is 0 Å². The lowest BCUT2D eigenvalue weighted by Gasteiger charge is -2.43. The minimum atomic E-state index is -4.87. The first-order valence-electron chi connectivity index (χ1n) is 14.4. The molecule has 2 aromatic rings. The van der Waals surface area contributed by atoms with Crippen molar-refractivity contribution < 1.29 is 22.3 Å². The van der Waals surface area contributed by atoms with Crippen LogP contribution in [0.5, 0.6) is 5.75 Å². The van der Waals surface area contributed by atoms with Crippen molar-refractivity contribution in [3.8, 4) is 5.75 Å². The van der Waals surface area contributed by atoms with Crippen LogP contribution in [0.4, 0.5) is 17.6 Å². The number of halogens is 4. The van der Waals surface area contributed by atoms with Crippen molar-refractivity contribution in [1.29, 1.82) is 0 Å². The number of benzene rings is 2. The second-order valence-corrected chi connectivity index (χ2v) is 16.2. The lowest BCUT2D eigenvalue weighted by Crippen LogP contribution is -2.50. The van der Waals surface area contributed by atoms with E-state index in [0.29, 0.717) is 6.42 Å². The largest absolute Gasteiger partial charge is 0.573 e. The van der Waals surface area contributed by atoms with Crippen molar-refractivity contribution in [1.82, 2.24) is 0 Å². The number of ether oxygens (including phenoxy) is 1. The summed E-state index contributed by atoms with van der Waals surface area (Å²) in [4.78, 5) is 0. The molecule has 0 spiro atoms. The highest BCUT2D eigenvalue weighted by Gasteiger charge is 2.40. The molecule has 0 N–H and O–H groups in total. The van der Waals surface area contributed by atoms with Gasteiger partial charge in [0.2, 0.25) is 0 Å². The molecule has 0 atom stereocenters. The standard InChI is InChI=1S/C31H42F4OSi/c1-2-20-37(28-10-4-3-5-11-28)21-18-27(19-22-37)26-15-12-24(13-16-26)8-6-7-9-25-14-17-30(29(32)23-25)36-31(33,34)35/h3-5,10-11,14,17,23-24,26-27H,2,6-9,12-13,15-16,18-22H2,1H3/t24?,26?,27-,37-. The summed E-state index contributed by atoms with van der Waals surface area (Å²) in [5.41, 5.74) is 0.728. The average molecular weight is 535 g/mol. The summed E-state index contributed by atoms with van der Waals surface area (Å²) in [6.45, 7) is 2.35. The van der Waals surface area contributed by atoms with Crippen LogP contribution in [0.2, 0.25) is 18.1 Å². The summed E-state index contributed by atoms with van der Waals surface area (Å²) in [6.07, 6.45) is 8.61. The maximum Gasteiger partial charge on any atom is 0.573 e. The van der Waals surface area contributed by atoms with Crippen LogP contribution in [0, 0.1) is 23.6 Å². The fourth-order valence-corrected chi connectivity index (χ4v) is 12.6. The third kappa shape index (κ3) is 7.84. The molecule has 0 unspecified atom stereocenters. The average Bonchev–Trinajstić information content (AvgIpc) is 2.89. The van der Waals surface area contributed by atoms with E-state index in [1.165, 1.54) is 81.6 Å². The van der Waals surface area contributed by atoms with Gasteiger partial charge in [-0.2, -0.15) is 0 Å². The SMILES string of the molecule is CCC[Si@]1(c2ccccc2)CC[C@H](C2CCC(CCCCc3ccc(OC(F)(F)F)c(F)c3)CC2)CC1. The number of hydrogen-bond acceptors (Lipinski definition) is 1. The monoisotopic (exact) mass is 534 g/mol. The van der Waals surface area contributed by atoms with Crippen LogP contribution in [0.1, 0.15) is 76.7 Å². The first-order chi connectivity index (χ1) is 17.8. The van der Waals surface area contributed by atoms with E-state index in [-0.39, 0.29) is 0 Å². The van der Waals surface area contributed by atoms with Crippen molar-refractivity contribution >= 4 is 13.3 Å². The van der Waals surface area contributed by atoms with E-state index in [0.717, 1.165) is 42.2 Å². The number of aryl methyl sites for hydroxylation is 1. The zero-order valence-corrected chi connectivity index (χ0v) is 23.2. The normalized spacial score (nSPS) is 26.7. The molecule has 2 aromatic carbocycles. The van der Waals surface area contributed by atoms with Crippen LogP contribution < -0.4 is 9.92 Å². The van der Waals surface area contributed by atoms with Crippen LogP contribution in [0.15, 0.2) is 48.5 Å². The Morgan fingerprint density at radius 1 is 0.865 bits per heavy atom. The zero-order valence-electron chi connectivity index (χ0n) is 22.2. The molecule has 2 fully saturated rings. The van der Waals surface area contributed by atoms with Gasteiger partial charge in [-0.3, -0.25) is 0 Å². The Morgan fingerprint density at radius 2 is 1.54 bits per heavy atom. The summed E-state index contributed by atoms with van der Waals surface area (Å²) in [7, 11) is -1.33. The molecular formula is C31H42F4OSi. The van der Waals surface area contributed by atoms with E-state index < -0.39 is 26.0 Å². The third-order valence-corrected chi connectivity index (χ3v) is 14.7. The Kier molecular flexibility index (Phi) is 9.77. The lowest BCUT2D eigenvalue weighted by atomic mass is 9.73. The summed E-state index contributed by atoms with van der Waals surface area (Å²) >= 11 is 0. The van der Waals surface area contributed by atoms with Gasteiger partial charge < -0.3 is 4.74 Å². The van der Waals surface area contributed by atoms with Crippen LogP contribution in [-0.2, 0) is 6.42 Å².